The second-order valence-electron chi connectivity index (χ2n) is 5.57. The lowest BCUT2D eigenvalue weighted by Crippen LogP contribution is -2.30. The molecule has 0 saturated carbocycles. The van der Waals surface area contributed by atoms with Crippen LogP contribution in [0.5, 0.6) is 5.75 Å². The Labute approximate surface area is 137 Å². The van der Waals surface area contributed by atoms with Crippen molar-refractivity contribution in [1.29, 1.82) is 0 Å². The Hall–Kier alpha value is -2.30. The van der Waals surface area contributed by atoms with E-state index in [4.69, 9.17) is 9.47 Å². The Morgan fingerprint density at radius 3 is 2.61 bits per heavy atom. The molecule has 0 aliphatic carbocycles. The third kappa shape index (κ3) is 6.14. The molecule has 0 saturated heterocycles. The van der Waals surface area contributed by atoms with E-state index in [-0.39, 0.29) is 13.2 Å². The molecule has 1 atom stereocenters. The zero-order valence-corrected chi connectivity index (χ0v) is 14.3. The van der Waals surface area contributed by atoms with E-state index in [9.17, 15) is 9.59 Å². The summed E-state index contributed by atoms with van der Waals surface area (Å²) in [6, 6.07) is 5.81. The maximum atomic E-state index is 11.7. The number of amides is 1. The molecule has 0 aliphatic heterocycles. The number of rotatable bonds is 7. The number of esters is 1. The molecule has 0 bridgehead atoms. The van der Waals surface area contributed by atoms with Gasteiger partial charge in [-0.25, -0.2) is 9.59 Å². The van der Waals surface area contributed by atoms with E-state index in [1.165, 1.54) is 5.56 Å². The van der Waals surface area contributed by atoms with Crippen LogP contribution in [0.3, 0.4) is 0 Å². The minimum Gasteiger partial charge on any atom is -0.460 e. The Kier molecular flexibility index (Phi) is 7.32. The summed E-state index contributed by atoms with van der Waals surface area (Å²) in [6.45, 7) is 11.5. The predicted molar refractivity (Wildman–Crippen MR) is 89.7 cm³/mol. The number of nitrogens with one attached hydrogen (secondary N) is 1. The van der Waals surface area contributed by atoms with E-state index in [0.29, 0.717) is 17.2 Å². The van der Waals surface area contributed by atoms with Crippen LogP contribution in [0.15, 0.2) is 30.4 Å². The number of benzene rings is 1. The molecule has 0 aromatic heterocycles. The van der Waals surface area contributed by atoms with Crippen molar-refractivity contribution in [3.05, 3.63) is 41.5 Å². The highest BCUT2D eigenvalue weighted by molar-refractivity contribution is 5.86. The second kappa shape index (κ2) is 8.98. The highest BCUT2D eigenvalue weighted by Gasteiger charge is 2.10. The molecular formula is C18H25NO4. The molecule has 0 spiro atoms. The van der Waals surface area contributed by atoms with Crippen LogP contribution in [0.2, 0.25) is 0 Å². The molecule has 0 aliphatic rings. The van der Waals surface area contributed by atoms with Crippen LogP contribution < -0.4 is 10.1 Å². The van der Waals surface area contributed by atoms with E-state index < -0.39 is 12.1 Å². The highest BCUT2D eigenvalue weighted by atomic mass is 16.6. The van der Waals surface area contributed by atoms with Crippen molar-refractivity contribution < 1.29 is 19.1 Å². The number of hydrogen-bond donors (Lipinski definition) is 1. The maximum absolute atomic E-state index is 11.7. The minimum absolute atomic E-state index is 0.0761. The normalized spacial score (nSPS) is 11.5. The first kappa shape index (κ1) is 18.7. The van der Waals surface area contributed by atoms with Crippen LogP contribution in [0, 0.1) is 6.92 Å². The van der Waals surface area contributed by atoms with Crippen LogP contribution in [0.4, 0.5) is 4.79 Å². The van der Waals surface area contributed by atoms with Crippen molar-refractivity contribution in [1.82, 2.24) is 5.32 Å². The lowest BCUT2D eigenvalue weighted by atomic mass is 9.97. The van der Waals surface area contributed by atoms with Gasteiger partial charge in [-0.3, -0.25) is 0 Å². The number of carbonyl (C=O) groups excluding carboxylic acids is 2. The fourth-order valence-electron chi connectivity index (χ4n) is 1.89. The van der Waals surface area contributed by atoms with Crippen molar-refractivity contribution in [3.63, 3.8) is 0 Å². The first-order valence-corrected chi connectivity index (χ1v) is 7.74. The van der Waals surface area contributed by atoms with Gasteiger partial charge in [-0.2, -0.15) is 0 Å². The Bertz CT molecular complexity index is 580. The first-order chi connectivity index (χ1) is 10.8. The summed E-state index contributed by atoms with van der Waals surface area (Å²) in [4.78, 5) is 22.9. The van der Waals surface area contributed by atoms with E-state index >= 15 is 0 Å². The molecule has 5 heteroatoms. The third-order valence-corrected chi connectivity index (χ3v) is 3.54. The quantitative estimate of drug-likeness (QED) is 0.472. The molecule has 1 aromatic carbocycles. The van der Waals surface area contributed by atoms with Crippen molar-refractivity contribution in [3.8, 4) is 5.75 Å². The summed E-state index contributed by atoms with van der Waals surface area (Å²) in [5.74, 6) is 0.518. The van der Waals surface area contributed by atoms with Gasteiger partial charge in [0.15, 0.2) is 0 Å². The van der Waals surface area contributed by atoms with E-state index in [0.717, 1.165) is 12.0 Å². The molecule has 1 N–H and O–H groups in total. The van der Waals surface area contributed by atoms with Crippen molar-refractivity contribution in [2.24, 2.45) is 0 Å². The van der Waals surface area contributed by atoms with Crippen LogP contribution >= 0.6 is 0 Å². The minimum atomic E-state index is -0.573. The average Bonchev–Trinajstić information content (AvgIpc) is 2.52. The Morgan fingerprint density at radius 2 is 2.04 bits per heavy atom. The molecule has 0 fully saturated rings. The van der Waals surface area contributed by atoms with Gasteiger partial charge < -0.3 is 14.8 Å². The zero-order chi connectivity index (χ0) is 17.4. The largest absolute Gasteiger partial charge is 0.460 e. The molecule has 5 nitrogen and oxygen atoms in total. The highest BCUT2D eigenvalue weighted by Crippen LogP contribution is 2.25. The summed E-state index contributed by atoms with van der Waals surface area (Å²) < 4.78 is 10.1. The lowest BCUT2D eigenvalue weighted by molar-refractivity contribution is -0.138. The Balaban J connectivity index is 2.45. The number of aryl methyl sites for hydroxylation is 1. The van der Waals surface area contributed by atoms with E-state index in [1.807, 2.05) is 19.1 Å². The number of ether oxygens (including phenoxy) is 2. The number of carbonyl (C=O) groups is 2. The SMILES string of the molecule is C=C(C)C(=O)OCCNC(=O)Oc1ccc(C(C)CC)cc1C. The van der Waals surface area contributed by atoms with Gasteiger partial charge >= 0.3 is 12.1 Å². The summed E-state index contributed by atoms with van der Waals surface area (Å²) in [5, 5.41) is 2.53. The van der Waals surface area contributed by atoms with Gasteiger partial charge in [0.2, 0.25) is 0 Å². The van der Waals surface area contributed by atoms with Gasteiger partial charge in [-0.05, 0) is 43.4 Å². The van der Waals surface area contributed by atoms with Gasteiger partial charge in [-0.1, -0.05) is 32.6 Å². The standard InChI is InChI=1S/C18H25NO4/c1-6-13(4)15-7-8-16(14(5)11-15)23-18(21)19-9-10-22-17(20)12(2)3/h7-8,11,13H,2,6,9-10H2,1,3-5H3,(H,19,21). The molecule has 1 amide bonds. The van der Waals surface area contributed by atoms with Crippen LogP contribution in [0.1, 0.15) is 44.2 Å². The molecule has 0 radical (unpaired) electrons. The summed E-state index contributed by atoms with van der Waals surface area (Å²) in [6.07, 6.45) is 0.485. The first-order valence-electron chi connectivity index (χ1n) is 7.74. The van der Waals surface area contributed by atoms with Gasteiger partial charge in [0.1, 0.15) is 12.4 Å². The molecule has 126 valence electrons. The summed E-state index contributed by atoms with van der Waals surface area (Å²) in [7, 11) is 0. The fraction of sp³-hybridized carbons (Fsp3) is 0.444. The van der Waals surface area contributed by atoms with Crippen molar-refractivity contribution in [2.45, 2.75) is 40.0 Å². The molecular weight excluding hydrogens is 294 g/mol. The Morgan fingerprint density at radius 1 is 1.35 bits per heavy atom. The van der Waals surface area contributed by atoms with Gasteiger partial charge in [0.05, 0.1) is 6.54 Å². The third-order valence-electron chi connectivity index (χ3n) is 3.54. The summed E-state index contributed by atoms with van der Waals surface area (Å²) in [5.41, 5.74) is 2.46. The lowest BCUT2D eigenvalue weighted by Gasteiger charge is -2.13. The maximum Gasteiger partial charge on any atom is 0.412 e. The van der Waals surface area contributed by atoms with Crippen LogP contribution in [-0.4, -0.2) is 25.2 Å². The molecule has 1 rings (SSSR count). The molecule has 23 heavy (non-hydrogen) atoms. The topological polar surface area (TPSA) is 64.6 Å². The van der Waals surface area contributed by atoms with Crippen LogP contribution in [0.25, 0.3) is 0 Å². The molecule has 1 aromatic rings. The van der Waals surface area contributed by atoms with E-state index in [2.05, 4.69) is 25.7 Å². The van der Waals surface area contributed by atoms with Gasteiger partial charge in [0.25, 0.3) is 0 Å². The monoisotopic (exact) mass is 319 g/mol. The summed E-state index contributed by atoms with van der Waals surface area (Å²) >= 11 is 0. The zero-order valence-electron chi connectivity index (χ0n) is 14.3. The van der Waals surface area contributed by atoms with Crippen molar-refractivity contribution >= 4 is 12.1 Å². The fourth-order valence-corrected chi connectivity index (χ4v) is 1.89. The van der Waals surface area contributed by atoms with Crippen molar-refractivity contribution in [2.75, 3.05) is 13.2 Å². The van der Waals surface area contributed by atoms with E-state index in [1.54, 1.807) is 13.0 Å². The molecule has 1 unspecified atom stereocenters. The number of hydrogen-bond acceptors (Lipinski definition) is 4. The van der Waals surface area contributed by atoms with Crippen LogP contribution in [-0.2, 0) is 9.53 Å². The van der Waals surface area contributed by atoms with Gasteiger partial charge in [0, 0.05) is 5.57 Å². The predicted octanol–water partition coefficient (Wildman–Crippen LogP) is 3.72. The molecule has 0 heterocycles. The smallest absolute Gasteiger partial charge is 0.412 e. The second-order valence-corrected chi connectivity index (χ2v) is 5.57. The average molecular weight is 319 g/mol. The van der Waals surface area contributed by atoms with Gasteiger partial charge in [-0.15, -0.1) is 0 Å².